The van der Waals surface area contributed by atoms with Crippen LogP contribution in [0.4, 0.5) is 0 Å². The summed E-state index contributed by atoms with van der Waals surface area (Å²) >= 11 is 1.46. The molecular weight excluding hydrogens is 226 g/mol. The number of aliphatic hydroxyl groups is 2. The molecule has 0 saturated carbocycles. The average Bonchev–Trinajstić information content (AvgIpc) is 2.72. The summed E-state index contributed by atoms with van der Waals surface area (Å²) in [4.78, 5) is 15.3. The smallest absolute Gasteiger partial charge is 0.264 e. The van der Waals surface area contributed by atoms with E-state index in [2.05, 4.69) is 0 Å². The van der Waals surface area contributed by atoms with Crippen LogP contribution in [0.25, 0.3) is 0 Å². The van der Waals surface area contributed by atoms with Gasteiger partial charge in [-0.05, 0) is 25.5 Å². The number of hydrogen-bond acceptors (Lipinski definition) is 4. The maximum Gasteiger partial charge on any atom is 0.264 e. The molecule has 0 spiro atoms. The van der Waals surface area contributed by atoms with E-state index in [-0.39, 0.29) is 19.0 Å². The van der Waals surface area contributed by atoms with Gasteiger partial charge < -0.3 is 15.1 Å². The van der Waals surface area contributed by atoms with Crippen molar-refractivity contribution in [3.63, 3.8) is 0 Å². The Morgan fingerprint density at radius 3 is 2.38 bits per heavy atom. The number of likely N-dealkylation sites (tertiary alicyclic amines) is 1. The summed E-state index contributed by atoms with van der Waals surface area (Å²) in [7, 11) is 0. The van der Waals surface area contributed by atoms with Gasteiger partial charge in [0.25, 0.3) is 5.91 Å². The van der Waals surface area contributed by atoms with Gasteiger partial charge in [0.2, 0.25) is 0 Å². The van der Waals surface area contributed by atoms with Gasteiger partial charge in [0.15, 0.2) is 0 Å². The van der Waals surface area contributed by atoms with Gasteiger partial charge in [0.05, 0.1) is 17.1 Å². The molecule has 1 aliphatic rings. The van der Waals surface area contributed by atoms with E-state index < -0.39 is 12.2 Å². The largest absolute Gasteiger partial charge is 0.388 e. The summed E-state index contributed by atoms with van der Waals surface area (Å²) in [6.07, 6.45) is -1.63. The molecule has 1 aliphatic heterocycles. The zero-order chi connectivity index (χ0) is 11.9. The molecule has 2 rings (SSSR count). The van der Waals surface area contributed by atoms with Crippen LogP contribution in [0.3, 0.4) is 0 Å². The topological polar surface area (TPSA) is 60.8 Å². The van der Waals surface area contributed by atoms with Crippen molar-refractivity contribution in [1.82, 2.24) is 4.90 Å². The summed E-state index contributed by atoms with van der Waals surface area (Å²) in [6.45, 7) is 4.38. The van der Waals surface area contributed by atoms with Crippen molar-refractivity contribution in [2.24, 2.45) is 0 Å². The van der Waals surface area contributed by atoms with Crippen molar-refractivity contribution in [3.05, 3.63) is 21.4 Å². The van der Waals surface area contributed by atoms with Crippen LogP contribution in [0.1, 0.15) is 20.1 Å². The lowest BCUT2D eigenvalue weighted by atomic mass is 10.3. The average molecular weight is 241 g/mol. The Morgan fingerprint density at radius 1 is 1.38 bits per heavy atom. The summed E-state index contributed by atoms with van der Waals surface area (Å²) in [6, 6.07) is 1.86. The third kappa shape index (κ3) is 1.98. The molecule has 1 saturated heterocycles. The van der Waals surface area contributed by atoms with E-state index in [0.717, 1.165) is 10.4 Å². The van der Waals surface area contributed by atoms with Crippen LogP contribution in [-0.4, -0.2) is 46.3 Å². The molecule has 0 radical (unpaired) electrons. The predicted octanol–water partition coefficient (Wildman–Crippen LogP) is 0.543. The molecular formula is C11H15NO3S. The van der Waals surface area contributed by atoms with Crippen molar-refractivity contribution in [2.75, 3.05) is 13.1 Å². The fourth-order valence-electron chi connectivity index (χ4n) is 1.77. The molecule has 2 heterocycles. The van der Waals surface area contributed by atoms with Crippen LogP contribution in [0, 0.1) is 13.8 Å². The minimum absolute atomic E-state index is 0.100. The maximum atomic E-state index is 12.0. The molecule has 1 aromatic rings. The fourth-order valence-corrected chi connectivity index (χ4v) is 2.77. The SMILES string of the molecule is Cc1cc(C(=O)N2CC(O)C(O)C2)sc1C. The van der Waals surface area contributed by atoms with Crippen LogP contribution in [0.5, 0.6) is 0 Å². The Kier molecular flexibility index (Phi) is 3.01. The lowest BCUT2D eigenvalue weighted by molar-refractivity contribution is 0.0572. The number of amides is 1. The predicted molar refractivity (Wildman–Crippen MR) is 61.7 cm³/mol. The van der Waals surface area contributed by atoms with Gasteiger partial charge in [0.1, 0.15) is 0 Å². The summed E-state index contributed by atoms with van der Waals surface area (Å²) in [5, 5.41) is 18.8. The quantitative estimate of drug-likeness (QED) is 0.754. The first kappa shape index (κ1) is 11.6. The molecule has 2 atom stereocenters. The zero-order valence-corrected chi connectivity index (χ0v) is 10.1. The first-order valence-electron chi connectivity index (χ1n) is 5.21. The van der Waals surface area contributed by atoms with E-state index in [1.54, 1.807) is 0 Å². The standard InChI is InChI=1S/C11H15NO3S/c1-6-3-10(16-7(6)2)11(15)12-4-8(13)9(14)5-12/h3,8-9,13-14H,4-5H2,1-2H3. The number of β-amino-alcohol motifs (C(OH)–C–C–N with tert-alkyl or cyclic N) is 2. The summed E-state index contributed by atoms with van der Waals surface area (Å²) < 4.78 is 0. The van der Waals surface area contributed by atoms with Crippen molar-refractivity contribution < 1.29 is 15.0 Å². The number of carbonyl (C=O) groups is 1. The van der Waals surface area contributed by atoms with Gasteiger partial charge in [-0.1, -0.05) is 0 Å². The van der Waals surface area contributed by atoms with Crippen LogP contribution >= 0.6 is 11.3 Å². The number of aryl methyl sites for hydroxylation is 2. The normalized spacial score (nSPS) is 25.1. The van der Waals surface area contributed by atoms with Crippen molar-refractivity contribution >= 4 is 17.2 Å². The Labute approximate surface area is 98.1 Å². The Hall–Kier alpha value is -0.910. The number of thiophene rings is 1. The molecule has 2 unspecified atom stereocenters. The molecule has 5 heteroatoms. The van der Waals surface area contributed by atoms with Crippen LogP contribution in [-0.2, 0) is 0 Å². The number of hydrogen-bond donors (Lipinski definition) is 2. The zero-order valence-electron chi connectivity index (χ0n) is 9.30. The molecule has 1 amide bonds. The van der Waals surface area contributed by atoms with Gasteiger partial charge >= 0.3 is 0 Å². The molecule has 16 heavy (non-hydrogen) atoms. The Bertz CT molecular complexity index is 386. The van der Waals surface area contributed by atoms with E-state index in [1.165, 1.54) is 16.2 Å². The highest BCUT2D eigenvalue weighted by atomic mass is 32.1. The van der Waals surface area contributed by atoms with Gasteiger partial charge in [-0.2, -0.15) is 0 Å². The van der Waals surface area contributed by atoms with Crippen LogP contribution in [0.2, 0.25) is 0 Å². The fraction of sp³-hybridized carbons (Fsp3) is 0.545. The molecule has 1 fully saturated rings. The molecule has 1 aromatic heterocycles. The summed E-state index contributed by atoms with van der Waals surface area (Å²) in [5.41, 5.74) is 1.11. The highest BCUT2D eigenvalue weighted by Gasteiger charge is 2.33. The molecule has 2 N–H and O–H groups in total. The van der Waals surface area contributed by atoms with Crippen molar-refractivity contribution in [2.45, 2.75) is 26.1 Å². The lowest BCUT2D eigenvalue weighted by Gasteiger charge is -2.13. The number of rotatable bonds is 1. The van der Waals surface area contributed by atoms with E-state index in [0.29, 0.717) is 4.88 Å². The first-order valence-corrected chi connectivity index (χ1v) is 6.03. The second kappa shape index (κ2) is 4.16. The van der Waals surface area contributed by atoms with E-state index in [4.69, 9.17) is 0 Å². The summed E-state index contributed by atoms with van der Waals surface area (Å²) in [5.74, 6) is -0.100. The van der Waals surface area contributed by atoms with Gasteiger partial charge in [-0.15, -0.1) is 11.3 Å². The Morgan fingerprint density at radius 2 is 1.94 bits per heavy atom. The number of aliphatic hydroxyl groups excluding tert-OH is 2. The third-order valence-corrected chi connectivity index (χ3v) is 4.06. The van der Waals surface area contributed by atoms with E-state index >= 15 is 0 Å². The van der Waals surface area contributed by atoms with Crippen LogP contribution in [0.15, 0.2) is 6.07 Å². The molecule has 88 valence electrons. The maximum absolute atomic E-state index is 12.0. The minimum atomic E-state index is -0.814. The molecule has 0 bridgehead atoms. The highest BCUT2D eigenvalue weighted by Crippen LogP contribution is 2.23. The van der Waals surface area contributed by atoms with Crippen LogP contribution < -0.4 is 0 Å². The van der Waals surface area contributed by atoms with Gasteiger partial charge in [-0.3, -0.25) is 4.79 Å². The first-order chi connectivity index (χ1) is 7.49. The van der Waals surface area contributed by atoms with E-state index in [9.17, 15) is 15.0 Å². The van der Waals surface area contributed by atoms with Crippen molar-refractivity contribution in [1.29, 1.82) is 0 Å². The third-order valence-electron chi connectivity index (χ3n) is 2.92. The van der Waals surface area contributed by atoms with E-state index in [1.807, 2.05) is 19.9 Å². The number of nitrogens with zero attached hydrogens (tertiary/aromatic N) is 1. The van der Waals surface area contributed by atoms with Gasteiger partial charge in [0, 0.05) is 18.0 Å². The highest BCUT2D eigenvalue weighted by molar-refractivity contribution is 7.14. The second-order valence-electron chi connectivity index (χ2n) is 4.19. The monoisotopic (exact) mass is 241 g/mol. The van der Waals surface area contributed by atoms with Gasteiger partial charge in [-0.25, -0.2) is 0 Å². The lowest BCUT2D eigenvalue weighted by Crippen LogP contribution is -2.29. The molecule has 0 aliphatic carbocycles. The van der Waals surface area contributed by atoms with Crippen molar-refractivity contribution in [3.8, 4) is 0 Å². The molecule has 0 aromatic carbocycles. The minimum Gasteiger partial charge on any atom is -0.388 e. The Balaban J connectivity index is 2.14. The number of carbonyl (C=O) groups excluding carboxylic acids is 1. The second-order valence-corrected chi connectivity index (χ2v) is 5.45. The molecule has 4 nitrogen and oxygen atoms in total.